The topological polar surface area (TPSA) is 32.9 Å². The second-order valence-corrected chi connectivity index (χ2v) is 2.50. The molecule has 66 valence electrons. The van der Waals surface area contributed by atoms with Crippen LogP contribution in [0.3, 0.4) is 0 Å². The van der Waals surface area contributed by atoms with Gasteiger partial charge in [-0.2, -0.15) is 0 Å². The number of pyridine rings is 1. The lowest BCUT2D eigenvalue weighted by molar-refractivity contribution is 1.23. The van der Waals surface area contributed by atoms with Gasteiger partial charge >= 0.3 is 0 Å². The average Bonchev–Trinajstić information content (AvgIpc) is 2.14. The van der Waals surface area contributed by atoms with E-state index in [-0.39, 0.29) is 5.56 Å². The molecule has 1 aromatic heterocycles. The van der Waals surface area contributed by atoms with Gasteiger partial charge in [-0.3, -0.25) is 4.79 Å². The van der Waals surface area contributed by atoms with Crippen LogP contribution in [0.2, 0.25) is 0 Å². The highest BCUT2D eigenvalue weighted by Gasteiger charge is 1.95. The Hall–Kier alpha value is -1.83. The molecule has 0 unspecified atom stereocenters. The lowest BCUT2D eigenvalue weighted by atomic mass is 10.1. The summed E-state index contributed by atoms with van der Waals surface area (Å²) in [6.07, 6.45) is 6.77. The van der Waals surface area contributed by atoms with Crippen molar-refractivity contribution in [3.63, 3.8) is 0 Å². The van der Waals surface area contributed by atoms with E-state index in [1.54, 1.807) is 18.3 Å². The van der Waals surface area contributed by atoms with Gasteiger partial charge in [0.2, 0.25) is 5.56 Å². The number of aromatic nitrogens is 1. The molecule has 1 N–H and O–H groups in total. The van der Waals surface area contributed by atoms with Crippen LogP contribution in [0.25, 0.3) is 5.57 Å². The number of allylic oxidation sites excluding steroid dienone is 4. The third-order valence-electron chi connectivity index (χ3n) is 1.63. The molecule has 0 bridgehead atoms. The van der Waals surface area contributed by atoms with Crippen LogP contribution in [0, 0.1) is 0 Å². The Kier molecular flexibility index (Phi) is 3.03. The third kappa shape index (κ3) is 2.30. The second kappa shape index (κ2) is 4.26. The first-order chi connectivity index (χ1) is 6.27. The van der Waals surface area contributed by atoms with Crippen LogP contribution in [-0.2, 0) is 0 Å². The molecule has 0 amide bonds. The van der Waals surface area contributed by atoms with Gasteiger partial charge in [-0.15, -0.1) is 0 Å². The van der Waals surface area contributed by atoms with E-state index in [1.165, 1.54) is 6.07 Å². The van der Waals surface area contributed by atoms with Gasteiger partial charge in [-0.05, 0) is 17.2 Å². The fourth-order valence-corrected chi connectivity index (χ4v) is 1.03. The lowest BCUT2D eigenvalue weighted by Crippen LogP contribution is -2.03. The summed E-state index contributed by atoms with van der Waals surface area (Å²) in [5, 5.41) is 0. The van der Waals surface area contributed by atoms with E-state index >= 15 is 0 Å². The smallest absolute Gasteiger partial charge is 0.248 e. The molecule has 0 aliphatic carbocycles. The first kappa shape index (κ1) is 9.26. The zero-order valence-electron chi connectivity index (χ0n) is 7.29. The van der Waals surface area contributed by atoms with Gasteiger partial charge in [-0.1, -0.05) is 31.4 Å². The normalized spacial score (nSPS) is 10.9. The quantitative estimate of drug-likeness (QED) is 0.698. The fourth-order valence-electron chi connectivity index (χ4n) is 1.03. The van der Waals surface area contributed by atoms with Gasteiger partial charge in [0.05, 0.1) is 0 Å². The van der Waals surface area contributed by atoms with Gasteiger partial charge in [-0.25, -0.2) is 0 Å². The summed E-state index contributed by atoms with van der Waals surface area (Å²) in [7, 11) is 0. The number of H-pyrrole nitrogens is 1. The molecule has 13 heavy (non-hydrogen) atoms. The monoisotopic (exact) mass is 173 g/mol. The predicted octanol–water partition coefficient (Wildman–Crippen LogP) is 2.13. The fraction of sp³-hybridized carbons (Fsp3) is 0. The van der Waals surface area contributed by atoms with Gasteiger partial charge in [0, 0.05) is 12.3 Å². The van der Waals surface area contributed by atoms with Crippen LogP contribution >= 0.6 is 0 Å². The lowest BCUT2D eigenvalue weighted by Gasteiger charge is -1.98. The SMILES string of the molecule is C=C/C=C(\C=C)c1cc[nH]c(=O)c1. The van der Waals surface area contributed by atoms with Crippen molar-refractivity contribution in [2.24, 2.45) is 0 Å². The molecule has 0 atom stereocenters. The highest BCUT2D eigenvalue weighted by Crippen LogP contribution is 2.12. The van der Waals surface area contributed by atoms with E-state index in [9.17, 15) is 4.79 Å². The van der Waals surface area contributed by atoms with Crippen molar-refractivity contribution in [3.05, 3.63) is 65.6 Å². The van der Waals surface area contributed by atoms with Crippen molar-refractivity contribution >= 4 is 5.57 Å². The summed E-state index contributed by atoms with van der Waals surface area (Å²) in [5.41, 5.74) is 1.62. The predicted molar refractivity (Wildman–Crippen MR) is 55.4 cm³/mol. The number of aromatic amines is 1. The van der Waals surface area contributed by atoms with Crippen LogP contribution in [0.15, 0.2) is 54.5 Å². The Bertz CT molecular complexity index is 399. The number of rotatable bonds is 3. The van der Waals surface area contributed by atoms with Gasteiger partial charge in [0.15, 0.2) is 0 Å². The highest BCUT2D eigenvalue weighted by molar-refractivity contribution is 5.74. The van der Waals surface area contributed by atoms with E-state index < -0.39 is 0 Å². The summed E-state index contributed by atoms with van der Waals surface area (Å²) in [5.74, 6) is 0. The van der Waals surface area contributed by atoms with E-state index in [2.05, 4.69) is 18.1 Å². The minimum Gasteiger partial charge on any atom is -0.329 e. The molecule has 0 aromatic carbocycles. The van der Waals surface area contributed by atoms with Crippen LogP contribution in [0.4, 0.5) is 0 Å². The highest BCUT2D eigenvalue weighted by atomic mass is 16.1. The van der Waals surface area contributed by atoms with Crippen molar-refractivity contribution in [1.82, 2.24) is 4.98 Å². The molecule has 0 spiro atoms. The molecule has 0 aliphatic heterocycles. The molecule has 1 heterocycles. The Morgan fingerprint density at radius 2 is 2.23 bits per heavy atom. The van der Waals surface area contributed by atoms with E-state index in [1.807, 2.05) is 12.1 Å². The summed E-state index contributed by atoms with van der Waals surface area (Å²) in [6.45, 7) is 7.24. The summed E-state index contributed by atoms with van der Waals surface area (Å²) in [4.78, 5) is 13.5. The standard InChI is InChI=1S/C11H11NO/c1-3-5-9(4-2)10-6-7-12-11(13)8-10/h3-8H,1-2H2,(H,12,13)/b9-5+. The molecular weight excluding hydrogens is 162 g/mol. The molecular formula is C11H11NO. The maximum absolute atomic E-state index is 11.0. The zero-order chi connectivity index (χ0) is 9.68. The maximum atomic E-state index is 11.0. The molecule has 0 fully saturated rings. The van der Waals surface area contributed by atoms with Crippen molar-refractivity contribution in [1.29, 1.82) is 0 Å². The second-order valence-electron chi connectivity index (χ2n) is 2.50. The van der Waals surface area contributed by atoms with Gasteiger partial charge in [0.25, 0.3) is 0 Å². The van der Waals surface area contributed by atoms with Crippen molar-refractivity contribution in [3.8, 4) is 0 Å². The minimum absolute atomic E-state index is 0.116. The van der Waals surface area contributed by atoms with Crippen LogP contribution in [0.1, 0.15) is 5.56 Å². The maximum Gasteiger partial charge on any atom is 0.248 e. The molecule has 0 saturated heterocycles. The molecule has 2 nitrogen and oxygen atoms in total. The Morgan fingerprint density at radius 3 is 2.77 bits per heavy atom. The molecule has 1 rings (SSSR count). The van der Waals surface area contributed by atoms with Crippen molar-refractivity contribution in [2.45, 2.75) is 0 Å². The summed E-state index contributed by atoms with van der Waals surface area (Å²) < 4.78 is 0. The van der Waals surface area contributed by atoms with E-state index in [0.717, 1.165) is 11.1 Å². The van der Waals surface area contributed by atoms with Gasteiger partial charge in [0.1, 0.15) is 0 Å². The molecule has 0 radical (unpaired) electrons. The van der Waals surface area contributed by atoms with Crippen LogP contribution in [0.5, 0.6) is 0 Å². The first-order valence-electron chi connectivity index (χ1n) is 3.92. The Labute approximate surface area is 76.9 Å². The molecule has 2 heteroatoms. The summed E-state index contributed by atoms with van der Waals surface area (Å²) in [6, 6.07) is 3.34. The van der Waals surface area contributed by atoms with Crippen molar-refractivity contribution in [2.75, 3.05) is 0 Å². The van der Waals surface area contributed by atoms with E-state index in [4.69, 9.17) is 0 Å². The van der Waals surface area contributed by atoms with Crippen LogP contribution in [-0.4, -0.2) is 4.98 Å². The van der Waals surface area contributed by atoms with Gasteiger partial charge < -0.3 is 4.98 Å². The Morgan fingerprint density at radius 1 is 1.46 bits per heavy atom. The average molecular weight is 173 g/mol. The largest absolute Gasteiger partial charge is 0.329 e. The molecule has 0 aliphatic rings. The first-order valence-corrected chi connectivity index (χ1v) is 3.92. The van der Waals surface area contributed by atoms with Crippen LogP contribution < -0.4 is 5.56 Å². The van der Waals surface area contributed by atoms with E-state index in [0.29, 0.717) is 0 Å². The van der Waals surface area contributed by atoms with Crippen molar-refractivity contribution < 1.29 is 0 Å². The summed E-state index contributed by atoms with van der Waals surface area (Å²) >= 11 is 0. The number of nitrogens with one attached hydrogen (secondary N) is 1. The third-order valence-corrected chi connectivity index (χ3v) is 1.63. The number of hydrogen-bond acceptors (Lipinski definition) is 1. The number of hydrogen-bond donors (Lipinski definition) is 1. The molecule has 0 saturated carbocycles. The Balaban J connectivity index is 3.19. The minimum atomic E-state index is -0.116. The molecule has 1 aromatic rings. The zero-order valence-corrected chi connectivity index (χ0v) is 7.29.